The molecule has 2 unspecified atom stereocenters. The molecule has 19 heteroatoms. The summed E-state index contributed by atoms with van der Waals surface area (Å²) in [6.07, 6.45) is 57.1. The fraction of sp³-hybridized carbons (Fsp3) is 0.949. The van der Waals surface area contributed by atoms with Crippen molar-refractivity contribution in [3.8, 4) is 0 Å². The minimum atomic E-state index is -4.96. The van der Waals surface area contributed by atoms with Gasteiger partial charge in [0.05, 0.1) is 26.4 Å². The standard InChI is InChI=1S/C79H154O17P2/c1-8-9-10-11-12-13-14-15-16-17-18-19-20-25-28-34-39-48-55-62-78(83)95-74(66-89-76(81)60-53-46-38-33-27-24-22-21-23-26-31-36-43-50-57-70(2)3)68-93-97(85,86)91-64-73(80)65-92-98(87,88)94-69-75(67-90-77(82)61-54-47-42-41-45-52-59-72(6)7)96-79(84)63-56-49-40-35-30-29-32-37-44-51-58-71(4)5/h70-75,80H,8-69H2,1-7H3,(H,85,86)(H,87,88)/t73-,74-,75-/m1/s1. The molecule has 0 aromatic heterocycles. The van der Waals surface area contributed by atoms with E-state index >= 15 is 0 Å². The SMILES string of the molecule is CCCCCCCCCCCCCCCCCCCCCC(=O)O[C@H](COC(=O)CCCCCCCCCCCCCCCCC(C)C)COP(=O)(O)OC[C@@H](O)COP(=O)(O)OC[C@@H](COC(=O)CCCCCCCCC(C)C)OC(=O)CCCCCCCCCCCCC(C)C. The largest absolute Gasteiger partial charge is 0.472 e. The molecule has 0 spiro atoms. The summed E-state index contributed by atoms with van der Waals surface area (Å²) < 4.78 is 68.6. The number of aliphatic hydroxyl groups excluding tert-OH is 1. The second-order valence-electron chi connectivity index (χ2n) is 29.9. The first-order valence-electron chi connectivity index (χ1n) is 40.8. The zero-order valence-electron chi connectivity index (χ0n) is 64.3. The average Bonchev–Trinajstić information content (AvgIpc) is 0.925. The summed E-state index contributed by atoms with van der Waals surface area (Å²) >= 11 is 0. The Morgan fingerprint density at radius 1 is 0.276 bits per heavy atom. The van der Waals surface area contributed by atoms with Gasteiger partial charge in [-0.15, -0.1) is 0 Å². The molecule has 3 N–H and O–H groups in total. The van der Waals surface area contributed by atoms with Gasteiger partial charge in [-0.25, -0.2) is 9.13 Å². The molecule has 98 heavy (non-hydrogen) atoms. The maximum Gasteiger partial charge on any atom is 0.472 e. The van der Waals surface area contributed by atoms with Crippen molar-refractivity contribution < 1.29 is 80.2 Å². The van der Waals surface area contributed by atoms with Gasteiger partial charge in [0.15, 0.2) is 12.2 Å². The number of aliphatic hydroxyl groups is 1. The van der Waals surface area contributed by atoms with Gasteiger partial charge in [-0.3, -0.25) is 37.3 Å². The summed E-state index contributed by atoms with van der Waals surface area (Å²) in [6, 6.07) is 0. The highest BCUT2D eigenvalue weighted by Crippen LogP contribution is 2.45. The fourth-order valence-corrected chi connectivity index (χ4v) is 13.7. The molecule has 0 radical (unpaired) electrons. The quantitative estimate of drug-likeness (QED) is 0.0222. The van der Waals surface area contributed by atoms with Crippen molar-refractivity contribution in [3.05, 3.63) is 0 Å². The van der Waals surface area contributed by atoms with Crippen LogP contribution in [-0.2, 0) is 65.4 Å². The molecular formula is C79H154O17P2. The Hall–Kier alpha value is -1.94. The first-order chi connectivity index (χ1) is 47.2. The van der Waals surface area contributed by atoms with Crippen LogP contribution in [0.4, 0.5) is 0 Å². The summed E-state index contributed by atoms with van der Waals surface area (Å²) in [5.41, 5.74) is 0. The molecule has 17 nitrogen and oxygen atoms in total. The van der Waals surface area contributed by atoms with E-state index in [-0.39, 0.29) is 25.7 Å². The van der Waals surface area contributed by atoms with Crippen LogP contribution >= 0.6 is 15.6 Å². The number of carbonyl (C=O) groups excluding carboxylic acids is 4. The van der Waals surface area contributed by atoms with Crippen molar-refractivity contribution in [1.82, 2.24) is 0 Å². The van der Waals surface area contributed by atoms with Crippen molar-refractivity contribution in [2.24, 2.45) is 17.8 Å². The van der Waals surface area contributed by atoms with E-state index in [0.717, 1.165) is 108 Å². The Kier molecular flexibility index (Phi) is 68.1. The number of hydrogen-bond donors (Lipinski definition) is 3. The molecule has 0 aliphatic heterocycles. The lowest BCUT2D eigenvalue weighted by molar-refractivity contribution is -0.161. The highest BCUT2D eigenvalue weighted by Gasteiger charge is 2.30. The normalized spacial score (nSPS) is 14.0. The molecule has 0 saturated carbocycles. The van der Waals surface area contributed by atoms with E-state index in [0.29, 0.717) is 31.6 Å². The first kappa shape index (κ1) is 96.1. The summed E-state index contributed by atoms with van der Waals surface area (Å²) in [4.78, 5) is 72.9. The Bertz CT molecular complexity index is 1900. The maximum atomic E-state index is 13.1. The number of ether oxygens (including phenoxy) is 4. The molecule has 0 aliphatic rings. The van der Waals surface area contributed by atoms with E-state index in [4.69, 9.17) is 37.0 Å². The second kappa shape index (κ2) is 69.4. The zero-order chi connectivity index (χ0) is 72.3. The monoisotopic (exact) mass is 1440 g/mol. The van der Waals surface area contributed by atoms with Crippen LogP contribution in [0.3, 0.4) is 0 Å². The zero-order valence-corrected chi connectivity index (χ0v) is 66.0. The third kappa shape index (κ3) is 72.4. The minimum Gasteiger partial charge on any atom is -0.462 e. The van der Waals surface area contributed by atoms with Crippen molar-refractivity contribution >= 4 is 39.5 Å². The number of unbranched alkanes of at least 4 members (excludes halogenated alkanes) is 45. The van der Waals surface area contributed by atoms with E-state index in [1.54, 1.807) is 0 Å². The number of carbonyl (C=O) groups is 4. The molecular weight excluding hydrogens is 1280 g/mol. The van der Waals surface area contributed by atoms with Crippen molar-refractivity contribution in [2.75, 3.05) is 39.6 Å². The molecule has 0 saturated heterocycles. The highest BCUT2D eigenvalue weighted by atomic mass is 31.2. The number of rotatable bonds is 77. The van der Waals surface area contributed by atoms with Crippen molar-refractivity contribution in [3.63, 3.8) is 0 Å². The molecule has 0 aromatic carbocycles. The summed E-state index contributed by atoms with van der Waals surface area (Å²) in [7, 11) is -9.92. The lowest BCUT2D eigenvalue weighted by Crippen LogP contribution is -2.30. The summed E-state index contributed by atoms with van der Waals surface area (Å²) in [5.74, 6) is 0.114. The minimum absolute atomic E-state index is 0.105. The van der Waals surface area contributed by atoms with E-state index in [1.807, 2.05) is 0 Å². The number of hydrogen-bond acceptors (Lipinski definition) is 15. The van der Waals surface area contributed by atoms with Gasteiger partial charge in [-0.2, -0.15) is 0 Å². The predicted octanol–water partition coefficient (Wildman–Crippen LogP) is 23.4. The Balaban J connectivity index is 5.22. The van der Waals surface area contributed by atoms with Crippen LogP contribution < -0.4 is 0 Å². The molecule has 5 atom stereocenters. The van der Waals surface area contributed by atoms with Gasteiger partial charge >= 0.3 is 39.5 Å². The molecule has 0 aromatic rings. The third-order valence-electron chi connectivity index (χ3n) is 18.4. The maximum absolute atomic E-state index is 13.1. The van der Waals surface area contributed by atoms with Crippen LogP contribution in [-0.4, -0.2) is 96.7 Å². The lowest BCUT2D eigenvalue weighted by atomic mass is 10.0. The predicted molar refractivity (Wildman–Crippen MR) is 400 cm³/mol. The Morgan fingerprint density at radius 3 is 0.694 bits per heavy atom. The van der Waals surface area contributed by atoms with Crippen LogP contribution in [0.25, 0.3) is 0 Å². The van der Waals surface area contributed by atoms with E-state index < -0.39 is 97.5 Å². The van der Waals surface area contributed by atoms with Gasteiger partial charge < -0.3 is 33.8 Å². The van der Waals surface area contributed by atoms with E-state index in [2.05, 4.69) is 48.5 Å². The number of phosphoric ester groups is 2. The summed E-state index contributed by atoms with van der Waals surface area (Å²) in [6.45, 7) is 11.9. The van der Waals surface area contributed by atoms with Gasteiger partial charge in [-0.1, -0.05) is 357 Å². The van der Waals surface area contributed by atoms with Gasteiger partial charge in [-0.05, 0) is 43.4 Å². The first-order valence-corrected chi connectivity index (χ1v) is 43.8. The van der Waals surface area contributed by atoms with Crippen LogP contribution in [0.2, 0.25) is 0 Å². The van der Waals surface area contributed by atoms with Crippen LogP contribution in [0.15, 0.2) is 0 Å². The lowest BCUT2D eigenvalue weighted by Gasteiger charge is -2.21. The highest BCUT2D eigenvalue weighted by molar-refractivity contribution is 7.47. The fourth-order valence-electron chi connectivity index (χ4n) is 12.1. The smallest absolute Gasteiger partial charge is 0.462 e. The molecule has 0 fully saturated rings. The van der Waals surface area contributed by atoms with E-state index in [1.165, 1.54) is 212 Å². The Labute approximate surface area is 600 Å². The number of phosphoric acid groups is 2. The van der Waals surface area contributed by atoms with Crippen LogP contribution in [0.1, 0.15) is 408 Å². The van der Waals surface area contributed by atoms with Gasteiger partial charge in [0.2, 0.25) is 0 Å². The molecule has 0 rings (SSSR count). The van der Waals surface area contributed by atoms with Crippen LogP contribution in [0.5, 0.6) is 0 Å². The molecule has 0 heterocycles. The topological polar surface area (TPSA) is 237 Å². The average molecular weight is 1440 g/mol. The van der Waals surface area contributed by atoms with E-state index in [9.17, 15) is 43.2 Å². The molecule has 0 bridgehead atoms. The second-order valence-corrected chi connectivity index (χ2v) is 32.8. The molecule has 0 amide bonds. The number of esters is 4. The molecule has 0 aliphatic carbocycles. The van der Waals surface area contributed by atoms with Gasteiger partial charge in [0, 0.05) is 25.7 Å². The Morgan fingerprint density at radius 2 is 0.469 bits per heavy atom. The van der Waals surface area contributed by atoms with Crippen molar-refractivity contribution in [2.45, 2.75) is 426 Å². The molecule has 582 valence electrons. The van der Waals surface area contributed by atoms with Crippen LogP contribution in [0, 0.1) is 17.8 Å². The van der Waals surface area contributed by atoms with Gasteiger partial charge in [0.1, 0.15) is 19.3 Å². The van der Waals surface area contributed by atoms with Crippen molar-refractivity contribution in [1.29, 1.82) is 0 Å². The third-order valence-corrected chi connectivity index (χ3v) is 20.3. The summed E-state index contributed by atoms with van der Waals surface area (Å²) in [5, 5.41) is 10.6. The van der Waals surface area contributed by atoms with Gasteiger partial charge in [0.25, 0.3) is 0 Å².